The van der Waals surface area contributed by atoms with Gasteiger partial charge in [-0.15, -0.1) is 0 Å². The molecule has 26 heavy (non-hydrogen) atoms. The fourth-order valence-electron chi connectivity index (χ4n) is 2.64. The second-order valence-corrected chi connectivity index (χ2v) is 7.29. The second kappa shape index (κ2) is 7.79. The molecule has 0 saturated heterocycles. The monoisotopic (exact) mass is 374 g/mol. The van der Waals surface area contributed by atoms with Gasteiger partial charge in [-0.1, -0.05) is 17.7 Å². The van der Waals surface area contributed by atoms with Gasteiger partial charge >= 0.3 is 0 Å². The number of hydrazine groups is 1. The maximum absolute atomic E-state index is 13.1. The first-order valence-electron chi connectivity index (χ1n) is 8.17. The Bertz CT molecular complexity index is 797. The fraction of sp³-hybridized carbons (Fsp3) is 0.300. The summed E-state index contributed by atoms with van der Waals surface area (Å²) < 4.78 is 5.20. The molecule has 6 heteroatoms. The molecule has 2 aromatic rings. The lowest BCUT2D eigenvalue weighted by Gasteiger charge is -2.41. The Balaban J connectivity index is 2.38. The molecule has 0 aliphatic heterocycles. The smallest absolute Gasteiger partial charge is 0.273 e. The molecule has 2 rings (SSSR count). The molecule has 0 saturated carbocycles. The standard InChI is InChI=1S/C20H23ClN2O3/c1-20(2,3)23(19(25)15-7-6-8-17(13-15)26-5)22(4)18(24)14-9-11-16(21)12-10-14/h6-13H,1-5H3. The molecular formula is C20H23ClN2O3. The number of ether oxygens (including phenoxy) is 1. The van der Waals surface area contributed by atoms with Crippen LogP contribution in [0.25, 0.3) is 0 Å². The van der Waals surface area contributed by atoms with E-state index < -0.39 is 5.54 Å². The van der Waals surface area contributed by atoms with Gasteiger partial charge in [0, 0.05) is 23.2 Å². The number of rotatable bonds is 3. The van der Waals surface area contributed by atoms with E-state index in [1.807, 2.05) is 20.8 Å². The molecule has 0 atom stereocenters. The van der Waals surface area contributed by atoms with Crippen LogP contribution in [0.5, 0.6) is 5.75 Å². The van der Waals surface area contributed by atoms with Crippen molar-refractivity contribution in [1.82, 2.24) is 10.0 Å². The van der Waals surface area contributed by atoms with E-state index in [1.54, 1.807) is 62.7 Å². The van der Waals surface area contributed by atoms with E-state index in [1.165, 1.54) is 10.0 Å². The molecule has 2 aromatic carbocycles. The van der Waals surface area contributed by atoms with Crippen LogP contribution >= 0.6 is 11.6 Å². The predicted molar refractivity (Wildman–Crippen MR) is 102 cm³/mol. The topological polar surface area (TPSA) is 49.9 Å². The van der Waals surface area contributed by atoms with Gasteiger partial charge in [0.1, 0.15) is 5.75 Å². The summed E-state index contributed by atoms with van der Waals surface area (Å²) in [6, 6.07) is 13.4. The Morgan fingerprint density at radius 2 is 1.58 bits per heavy atom. The maximum atomic E-state index is 13.1. The van der Waals surface area contributed by atoms with Crippen LogP contribution in [0.1, 0.15) is 41.5 Å². The summed E-state index contributed by atoms with van der Waals surface area (Å²) in [4.78, 5) is 26.0. The highest BCUT2D eigenvalue weighted by molar-refractivity contribution is 6.30. The minimum absolute atomic E-state index is 0.291. The first kappa shape index (κ1) is 19.8. The Morgan fingerprint density at radius 1 is 0.962 bits per heavy atom. The zero-order valence-corrected chi connectivity index (χ0v) is 16.4. The molecule has 138 valence electrons. The number of amides is 2. The van der Waals surface area contributed by atoms with Crippen LogP contribution < -0.4 is 4.74 Å². The predicted octanol–water partition coefficient (Wildman–Crippen LogP) is 4.28. The van der Waals surface area contributed by atoms with E-state index in [4.69, 9.17) is 16.3 Å². The summed E-state index contributed by atoms with van der Waals surface area (Å²) in [6.07, 6.45) is 0. The molecule has 0 N–H and O–H groups in total. The van der Waals surface area contributed by atoms with Gasteiger partial charge in [-0.05, 0) is 63.2 Å². The first-order chi connectivity index (χ1) is 12.1. The fourth-order valence-corrected chi connectivity index (χ4v) is 2.77. The van der Waals surface area contributed by atoms with E-state index >= 15 is 0 Å². The van der Waals surface area contributed by atoms with Gasteiger partial charge in [-0.3, -0.25) is 9.59 Å². The van der Waals surface area contributed by atoms with Gasteiger partial charge in [0.15, 0.2) is 0 Å². The lowest BCUT2D eigenvalue weighted by molar-refractivity contribution is -0.0308. The van der Waals surface area contributed by atoms with Crippen molar-refractivity contribution in [2.24, 2.45) is 0 Å². The third kappa shape index (κ3) is 4.35. The molecule has 0 heterocycles. The number of carbonyl (C=O) groups excluding carboxylic acids is 2. The minimum atomic E-state index is -0.614. The summed E-state index contributed by atoms with van der Waals surface area (Å²) in [5.41, 5.74) is 0.274. The van der Waals surface area contributed by atoms with E-state index in [2.05, 4.69) is 0 Å². The van der Waals surface area contributed by atoms with Crippen molar-refractivity contribution < 1.29 is 14.3 Å². The third-order valence-electron chi connectivity index (χ3n) is 3.83. The van der Waals surface area contributed by atoms with Crippen molar-refractivity contribution in [3.05, 3.63) is 64.7 Å². The largest absolute Gasteiger partial charge is 0.497 e. The van der Waals surface area contributed by atoms with Crippen LogP contribution in [0, 0.1) is 0 Å². The molecule has 0 fully saturated rings. The minimum Gasteiger partial charge on any atom is -0.497 e. The highest BCUT2D eigenvalue weighted by Crippen LogP contribution is 2.23. The van der Waals surface area contributed by atoms with Crippen molar-refractivity contribution in [2.75, 3.05) is 14.2 Å². The SMILES string of the molecule is COc1cccc(C(=O)N(N(C)C(=O)c2ccc(Cl)cc2)C(C)(C)C)c1. The normalized spacial score (nSPS) is 11.0. The molecule has 2 amide bonds. The van der Waals surface area contributed by atoms with Crippen molar-refractivity contribution in [1.29, 1.82) is 0 Å². The molecule has 0 aliphatic carbocycles. The summed E-state index contributed by atoms with van der Waals surface area (Å²) in [6.45, 7) is 5.62. The average molecular weight is 375 g/mol. The second-order valence-electron chi connectivity index (χ2n) is 6.86. The van der Waals surface area contributed by atoms with Crippen LogP contribution in [0.3, 0.4) is 0 Å². The summed E-state index contributed by atoms with van der Waals surface area (Å²) in [5.74, 6) is -0.00885. The summed E-state index contributed by atoms with van der Waals surface area (Å²) >= 11 is 5.89. The molecule has 5 nitrogen and oxygen atoms in total. The molecule has 0 aliphatic rings. The molecule has 0 radical (unpaired) electrons. The number of carbonyl (C=O) groups is 2. The highest BCUT2D eigenvalue weighted by atomic mass is 35.5. The van der Waals surface area contributed by atoms with Crippen molar-refractivity contribution >= 4 is 23.4 Å². The Hall–Kier alpha value is -2.53. The lowest BCUT2D eigenvalue weighted by atomic mass is 10.1. The first-order valence-corrected chi connectivity index (χ1v) is 8.55. The number of hydrogen-bond donors (Lipinski definition) is 0. The van der Waals surface area contributed by atoms with Gasteiger partial charge in [0.25, 0.3) is 11.8 Å². The zero-order chi connectivity index (χ0) is 19.5. The Morgan fingerprint density at radius 3 is 2.12 bits per heavy atom. The third-order valence-corrected chi connectivity index (χ3v) is 4.08. The number of nitrogens with zero attached hydrogens (tertiary/aromatic N) is 2. The molecule has 0 spiro atoms. The maximum Gasteiger partial charge on any atom is 0.273 e. The van der Waals surface area contributed by atoms with Crippen LogP contribution in [0.2, 0.25) is 5.02 Å². The zero-order valence-electron chi connectivity index (χ0n) is 15.6. The van der Waals surface area contributed by atoms with Gasteiger partial charge < -0.3 is 4.74 Å². The van der Waals surface area contributed by atoms with E-state index in [0.29, 0.717) is 21.9 Å². The highest BCUT2D eigenvalue weighted by Gasteiger charge is 2.34. The van der Waals surface area contributed by atoms with Crippen LogP contribution in [0.4, 0.5) is 0 Å². The van der Waals surface area contributed by atoms with E-state index in [0.717, 1.165) is 0 Å². The molecule has 0 aromatic heterocycles. The van der Waals surface area contributed by atoms with Gasteiger partial charge in [0.05, 0.1) is 12.6 Å². The molecular weight excluding hydrogens is 352 g/mol. The number of methoxy groups -OCH3 is 1. The summed E-state index contributed by atoms with van der Waals surface area (Å²) in [5, 5.41) is 3.33. The van der Waals surface area contributed by atoms with Gasteiger partial charge in [-0.25, -0.2) is 10.0 Å². The lowest BCUT2D eigenvalue weighted by Crippen LogP contribution is -2.56. The number of halogens is 1. The van der Waals surface area contributed by atoms with Crippen molar-refractivity contribution in [2.45, 2.75) is 26.3 Å². The van der Waals surface area contributed by atoms with Gasteiger partial charge in [0.2, 0.25) is 0 Å². The average Bonchev–Trinajstić information content (AvgIpc) is 2.60. The van der Waals surface area contributed by atoms with E-state index in [9.17, 15) is 9.59 Å². The van der Waals surface area contributed by atoms with Crippen LogP contribution in [-0.2, 0) is 0 Å². The molecule has 0 unspecified atom stereocenters. The van der Waals surface area contributed by atoms with Crippen molar-refractivity contribution in [3.63, 3.8) is 0 Å². The molecule has 0 bridgehead atoms. The quantitative estimate of drug-likeness (QED) is 0.753. The number of hydrogen-bond acceptors (Lipinski definition) is 3. The summed E-state index contributed by atoms with van der Waals surface area (Å²) in [7, 11) is 3.13. The van der Waals surface area contributed by atoms with Gasteiger partial charge in [-0.2, -0.15) is 0 Å². The van der Waals surface area contributed by atoms with E-state index in [-0.39, 0.29) is 11.8 Å². The van der Waals surface area contributed by atoms with Crippen LogP contribution in [-0.4, -0.2) is 41.5 Å². The number of benzene rings is 2. The van der Waals surface area contributed by atoms with Crippen LogP contribution in [0.15, 0.2) is 48.5 Å². The Kier molecular flexibility index (Phi) is 5.93. The van der Waals surface area contributed by atoms with Crippen molar-refractivity contribution in [3.8, 4) is 5.75 Å². The Labute approximate surface area is 159 Å².